The number of hydrogen-bond acceptors (Lipinski definition) is 0. The summed E-state index contributed by atoms with van der Waals surface area (Å²) in [7, 11) is 0.769. The Kier molecular flexibility index (Phi) is 6.22. The van der Waals surface area contributed by atoms with Crippen LogP contribution in [0.4, 0.5) is 0 Å². The molecule has 0 rings (SSSR count). The second-order valence-corrected chi connectivity index (χ2v) is 27.4. The van der Waals surface area contributed by atoms with Gasteiger partial charge in [-0.3, -0.25) is 0 Å². The van der Waals surface area contributed by atoms with Crippen molar-refractivity contribution >= 4 is 34.2 Å². The summed E-state index contributed by atoms with van der Waals surface area (Å²) in [6.07, 6.45) is 0. The fraction of sp³-hybridized carbons (Fsp3) is 1.00. The Labute approximate surface area is 78.9 Å². The molecule has 0 saturated carbocycles. The van der Waals surface area contributed by atoms with E-state index in [1.54, 1.807) is 8.36 Å². The van der Waals surface area contributed by atoms with Gasteiger partial charge < -0.3 is 0 Å². The zero-order valence-electron chi connectivity index (χ0n) is 8.81. The predicted octanol–water partition coefficient (Wildman–Crippen LogP) is 3.26. The fourth-order valence-corrected chi connectivity index (χ4v) is 37.5. The molecule has 3 heteroatoms. The van der Waals surface area contributed by atoms with Crippen LogP contribution in [-0.4, -0.2) is 53.4 Å². The molecule has 0 N–H and O–H groups in total. The molecular formula is C8H22P2Sn. The van der Waals surface area contributed by atoms with Gasteiger partial charge in [0.1, 0.15) is 0 Å². The predicted molar refractivity (Wildman–Crippen MR) is 64.8 cm³/mol. The zero-order valence-corrected chi connectivity index (χ0v) is 13.5. The first kappa shape index (κ1) is 12.7. The van der Waals surface area contributed by atoms with Crippen LogP contribution in [0.1, 0.15) is 0 Å². The Balaban J connectivity index is 3.79. The van der Waals surface area contributed by atoms with Crippen LogP contribution in [0.15, 0.2) is 0 Å². The van der Waals surface area contributed by atoms with Gasteiger partial charge in [-0.25, -0.2) is 0 Å². The molecule has 68 valence electrons. The third-order valence-corrected chi connectivity index (χ3v) is 30.0. The molecule has 0 radical (unpaired) electrons. The molecule has 0 spiro atoms. The molecule has 0 atom stereocenters. The van der Waals surface area contributed by atoms with E-state index in [1.165, 1.54) is 0 Å². The van der Waals surface area contributed by atoms with Crippen molar-refractivity contribution in [3.05, 3.63) is 0 Å². The first-order valence-electron chi connectivity index (χ1n) is 4.13. The second kappa shape index (κ2) is 5.40. The van der Waals surface area contributed by atoms with Crippen LogP contribution in [0.5, 0.6) is 0 Å². The molecule has 0 aliphatic carbocycles. The molecule has 0 aliphatic heterocycles. The topological polar surface area (TPSA) is 0 Å². The van der Waals surface area contributed by atoms with Crippen molar-refractivity contribution in [1.82, 2.24) is 0 Å². The second-order valence-electron chi connectivity index (χ2n) is 4.64. The normalized spacial score (nSPS) is 13.1. The van der Waals surface area contributed by atoms with Crippen molar-refractivity contribution < 1.29 is 0 Å². The van der Waals surface area contributed by atoms with Crippen molar-refractivity contribution in [3.8, 4) is 0 Å². The molecular weight excluding hydrogens is 277 g/mol. The molecule has 11 heavy (non-hydrogen) atoms. The molecule has 0 fully saturated rings. The van der Waals surface area contributed by atoms with E-state index in [4.69, 9.17) is 0 Å². The van der Waals surface area contributed by atoms with E-state index in [1.807, 2.05) is 0 Å². The average molecular weight is 299 g/mol. The summed E-state index contributed by atoms with van der Waals surface area (Å²) in [5, 5.41) is 0. The summed E-state index contributed by atoms with van der Waals surface area (Å²) < 4.78 is 3.29. The van der Waals surface area contributed by atoms with Crippen LogP contribution in [0.25, 0.3) is 0 Å². The summed E-state index contributed by atoms with van der Waals surface area (Å²) >= 11 is -1.48. The van der Waals surface area contributed by atoms with Crippen LogP contribution >= 0.6 is 15.8 Å². The number of rotatable bonds is 4. The molecule has 0 aromatic rings. The van der Waals surface area contributed by atoms with E-state index in [0.717, 1.165) is 0 Å². The maximum absolute atomic E-state index is 2.62. The Morgan fingerprint density at radius 1 is 0.818 bits per heavy atom. The molecule has 0 aliphatic rings. The molecule has 0 bridgehead atoms. The van der Waals surface area contributed by atoms with Gasteiger partial charge in [0.2, 0.25) is 0 Å². The van der Waals surface area contributed by atoms with Gasteiger partial charge in [-0.15, -0.1) is 0 Å². The molecule has 0 amide bonds. The Hall–Kier alpha value is 1.66. The summed E-state index contributed by atoms with van der Waals surface area (Å²) in [6.45, 7) is 9.73. The third-order valence-electron chi connectivity index (χ3n) is 1.49. The van der Waals surface area contributed by atoms with E-state index in [0.29, 0.717) is 15.8 Å². The Morgan fingerprint density at radius 2 is 1.09 bits per heavy atom. The summed E-state index contributed by atoms with van der Waals surface area (Å²) in [4.78, 5) is 5.25. The van der Waals surface area contributed by atoms with Crippen molar-refractivity contribution in [1.29, 1.82) is 0 Å². The van der Waals surface area contributed by atoms with E-state index in [9.17, 15) is 0 Å². The van der Waals surface area contributed by atoms with E-state index in [2.05, 4.69) is 36.5 Å². The van der Waals surface area contributed by atoms with Crippen LogP contribution in [0.2, 0.25) is 9.88 Å². The quantitative estimate of drug-likeness (QED) is 0.552. The van der Waals surface area contributed by atoms with Gasteiger partial charge in [-0.2, -0.15) is 0 Å². The van der Waals surface area contributed by atoms with E-state index >= 15 is 0 Å². The minimum absolute atomic E-state index is 0.385. The average Bonchev–Trinajstić information content (AvgIpc) is 1.53. The SMILES string of the molecule is CP(C)[CH2][Sn]([CH3])([CH3])[CH2]P(C)C. The van der Waals surface area contributed by atoms with Gasteiger partial charge in [-0.05, 0) is 0 Å². The standard InChI is InChI=1S/2C3H8P.2CH3.Sn/c2*1-4(2)3;;;/h2*1H2,2-3H3;2*1H3;. The zero-order chi connectivity index (χ0) is 9.07. The Bertz CT molecular complexity index is 98.7. The van der Waals surface area contributed by atoms with Gasteiger partial charge in [0.15, 0.2) is 0 Å². The molecule has 0 nitrogen and oxygen atoms in total. The summed E-state index contributed by atoms with van der Waals surface area (Å²) in [5.74, 6) is 0. The first-order chi connectivity index (χ1) is 4.83. The number of hydrogen-bond donors (Lipinski definition) is 0. The molecule has 0 aromatic carbocycles. The van der Waals surface area contributed by atoms with Gasteiger partial charge in [0.05, 0.1) is 0 Å². The molecule has 0 heterocycles. The van der Waals surface area contributed by atoms with Crippen LogP contribution < -0.4 is 0 Å². The summed E-state index contributed by atoms with van der Waals surface area (Å²) in [6, 6.07) is 0. The van der Waals surface area contributed by atoms with Gasteiger partial charge in [0.25, 0.3) is 0 Å². The maximum atomic E-state index is 2.62. The van der Waals surface area contributed by atoms with Crippen molar-refractivity contribution in [2.45, 2.75) is 9.88 Å². The van der Waals surface area contributed by atoms with Crippen molar-refractivity contribution in [3.63, 3.8) is 0 Å². The van der Waals surface area contributed by atoms with E-state index < -0.39 is 18.4 Å². The third kappa shape index (κ3) is 8.00. The molecule has 0 unspecified atom stereocenters. The fourth-order valence-electron chi connectivity index (χ4n) is 1.76. The molecule has 0 saturated heterocycles. The van der Waals surface area contributed by atoms with Gasteiger partial charge in [-0.1, -0.05) is 0 Å². The van der Waals surface area contributed by atoms with Gasteiger partial charge >= 0.3 is 79.1 Å². The first-order valence-corrected chi connectivity index (χ1v) is 18.7. The van der Waals surface area contributed by atoms with Crippen LogP contribution in [0.3, 0.4) is 0 Å². The summed E-state index contributed by atoms with van der Waals surface area (Å²) in [5.41, 5.74) is 0. The van der Waals surface area contributed by atoms with Gasteiger partial charge in [0, 0.05) is 0 Å². The van der Waals surface area contributed by atoms with Crippen LogP contribution in [-0.2, 0) is 0 Å². The van der Waals surface area contributed by atoms with Crippen molar-refractivity contribution in [2.75, 3.05) is 35.0 Å². The molecule has 0 aromatic heterocycles. The monoisotopic (exact) mass is 300 g/mol. The Morgan fingerprint density at radius 3 is 1.27 bits per heavy atom. The minimum atomic E-state index is -1.48. The van der Waals surface area contributed by atoms with Crippen molar-refractivity contribution in [2.24, 2.45) is 0 Å². The van der Waals surface area contributed by atoms with E-state index in [-0.39, 0.29) is 0 Å². The van der Waals surface area contributed by atoms with Crippen LogP contribution in [0, 0.1) is 0 Å².